The molecule has 1 saturated carbocycles. The molecule has 0 spiro atoms. The molecular weight excluding hydrogens is 278 g/mol. The fourth-order valence-electron chi connectivity index (χ4n) is 3.80. The minimum Gasteiger partial charge on any atom is -0.481 e. The van der Waals surface area contributed by atoms with Gasteiger partial charge in [0.1, 0.15) is 5.82 Å². The van der Waals surface area contributed by atoms with E-state index in [9.17, 15) is 9.90 Å². The van der Waals surface area contributed by atoms with Gasteiger partial charge in [-0.05, 0) is 38.1 Å². The normalized spacial score (nSPS) is 26.2. The maximum Gasteiger partial charge on any atom is 0.310 e. The highest BCUT2D eigenvalue weighted by Crippen LogP contribution is 2.45. The molecule has 122 valence electrons. The fraction of sp³-hybridized carbons (Fsp3) is 0.765. The molecule has 0 bridgehead atoms. The Hall–Kier alpha value is -1.36. The average molecular weight is 305 g/mol. The van der Waals surface area contributed by atoms with Crippen molar-refractivity contribution >= 4 is 5.97 Å². The molecule has 1 aromatic heterocycles. The Morgan fingerprint density at radius 2 is 2.32 bits per heavy atom. The van der Waals surface area contributed by atoms with Crippen LogP contribution in [0.4, 0.5) is 0 Å². The van der Waals surface area contributed by atoms with Crippen LogP contribution in [0.3, 0.4) is 0 Å². The summed E-state index contributed by atoms with van der Waals surface area (Å²) in [6, 6.07) is 0. The van der Waals surface area contributed by atoms with Crippen LogP contribution < -0.4 is 0 Å². The summed E-state index contributed by atoms with van der Waals surface area (Å²) in [7, 11) is 0. The topological polar surface area (TPSA) is 58.4 Å². The molecule has 1 aromatic rings. The third kappa shape index (κ3) is 3.35. The zero-order valence-electron chi connectivity index (χ0n) is 13.5. The van der Waals surface area contributed by atoms with E-state index < -0.39 is 11.4 Å². The Morgan fingerprint density at radius 3 is 3.00 bits per heavy atom. The molecule has 2 heterocycles. The molecule has 0 unspecified atom stereocenters. The van der Waals surface area contributed by atoms with Crippen LogP contribution in [0.15, 0.2) is 12.4 Å². The molecular formula is C17H27N3O2. The van der Waals surface area contributed by atoms with Crippen LogP contribution in [0.1, 0.15) is 51.3 Å². The zero-order chi connectivity index (χ0) is 15.6. The molecule has 1 saturated heterocycles. The monoisotopic (exact) mass is 305 g/mol. The number of aromatic nitrogens is 2. The van der Waals surface area contributed by atoms with Crippen molar-refractivity contribution in [1.82, 2.24) is 14.5 Å². The van der Waals surface area contributed by atoms with Crippen LogP contribution in [0.25, 0.3) is 0 Å². The van der Waals surface area contributed by atoms with Crippen molar-refractivity contribution in [1.29, 1.82) is 0 Å². The van der Waals surface area contributed by atoms with Crippen molar-refractivity contribution in [2.24, 2.45) is 11.3 Å². The van der Waals surface area contributed by atoms with E-state index in [0.29, 0.717) is 12.5 Å². The quantitative estimate of drug-likeness (QED) is 0.841. The van der Waals surface area contributed by atoms with Gasteiger partial charge in [0.25, 0.3) is 0 Å². The third-order valence-electron chi connectivity index (χ3n) is 5.12. The van der Waals surface area contributed by atoms with Gasteiger partial charge in [0.15, 0.2) is 0 Å². The second kappa shape index (κ2) is 6.41. The van der Waals surface area contributed by atoms with Crippen LogP contribution in [0.2, 0.25) is 0 Å². The molecule has 3 rings (SSSR count). The van der Waals surface area contributed by atoms with Crippen molar-refractivity contribution in [3.05, 3.63) is 18.2 Å². The standard InChI is InChI=1S/C17H27N3O2/c1-2-8-20-10-7-18-15(20)12-19-9-3-6-17(13-19,16(21)22)11-14-4-5-14/h7,10,14H,2-6,8-9,11-13H2,1H3,(H,21,22)/t17-/m0/s1. The van der Waals surface area contributed by atoms with Crippen LogP contribution in [0, 0.1) is 11.3 Å². The Labute approximate surface area is 132 Å². The molecule has 0 aromatic carbocycles. The maximum absolute atomic E-state index is 11.9. The van der Waals surface area contributed by atoms with Crippen molar-refractivity contribution in [2.75, 3.05) is 13.1 Å². The minimum atomic E-state index is -0.596. The largest absolute Gasteiger partial charge is 0.481 e. The first-order chi connectivity index (χ1) is 10.6. The fourth-order valence-corrected chi connectivity index (χ4v) is 3.80. The highest BCUT2D eigenvalue weighted by atomic mass is 16.4. The number of imidazole rings is 1. The van der Waals surface area contributed by atoms with E-state index in [1.807, 2.05) is 12.4 Å². The Balaban J connectivity index is 1.68. The zero-order valence-corrected chi connectivity index (χ0v) is 13.5. The lowest BCUT2D eigenvalue weighted by Crippen LogP contribution is -2.48. The molecule has 2 fully saturated rings. The highest BCUT2D eigenvalue weighted by molar-refractivity contribution is 5.75. The molecule has 2 aliphatic rings. The Bertz CT molecular complexity index is 524. The van der Waals surface area contributed by atoms with E-state index in [4.69, 9.17) is 0 Å². The lowest BCUT2D eigenvalue weighted by molar-refractivity contribution is -0.153. The molecule has 1 atom stereocenters. The van der Waals surface area contributed by atoms with Crippen molar-refractivity contribution in [3.8, 4) is 0 Å². The first-order valence-corrected chi connectivity index (χ1v) is 8.59. The Morgan fingerprint density at radius 1 is 1.50 bits per heavy atom. The molecule has 22 heavy (non-hydrogen) atoms. The van der Waals surface area contributed by atoms with Gasteiger partial charge >= 0.3 is 5.97 Å². The molecule has 1 aliphatic heterocycles. The van der Waals surface area contributed by atoms with Crippen molar-refractivity contribution in [2.45, 2.75) is 58.5 Å². The SMILES string of the molecule is CCCn1ccnc1CN1CCC[C@@](CC2CC2)(C(=O)O)C1. The van der Waals surface area contributed by atoms with Crippen LogP contribution in [-0.2, 0) is 17.9 Å². The van der Waals surface area contributed by atoms with Crippen molar-refractivity contribution < 1.29 is 9.90 Å². The summed E-state index contributed by atoms with van der Waals surface area (Å²) in [5.74, 6) is 1.12. The number of nitrogens with zero attached hydrogens (tertiary/aromatic N) is 3. The molecule has 5 nitrogen and oxygen atoms in total. The van der Waals surface area contributed by atoms with Gasteiger partial charge in [-0.25, -0.2) is 4.98 Å². The number of carboxylic acids is 1. The number of carboxylic acid groups (broad SMARTS) is 1. The average Bonchev–Trinajstić information content (AvgIpc) is 3.19. The summed E-state index contributed by atoms with van der Waals surface area (Å²) < 4.78 is 2.19. The number of hydrogen-bond donors (Lipinski definition) is 1. The molecule has 0 amide bonds. The van der Waals surface area contributed by atoms with Gasteiger partial charge in [-0.3, -0.25) is 9.69 Å². The number of aliphatic carboxylic acids is 1. The molecule has 5 heteroatoms. The smallest absolute Gasteiger partial charge is 0.310 e. The van der Waals surface area contributed by atoms with Gasteiger partial charge in [-0.2, -0.15) is 0 Å². The first kappa shape index (κ1) is 15.5. The van der Waals surface area contributed by atoms with Crippen molar-refractivity contribution in [3.63, 3.8) is 0 Å². The van der Waals surface area contributed by atoms with Gasteiger partial charge in [0.2, 0.25) is 0 Å². The molecule has 0 radical (unpaired) electrons. The summed E-state index contributed by atoms with van der Waals surface area (Å²) in [4.78, 5) is 18.7. The van der Waals surface area contributed by atoms with E-state index in [1.54, 1.807) is 0 Å². The highest BCUT2D eigenvalue weighted by Gasteiger charge is 2.45. The van der Waals surface area contributed by atoms with E-state index >= 15 is 0 Å². The number of piperidine rings is 1. The number of aryl methyl sites for hydroxylation is 1. The van der Waals surface area contributed by atoms with Gasteiger partial charge < -0.3 is 9.67 Å². The van der Waals surface area contributed by atoms with Gasteiger partial charge in [0, 0.05) is 25.5 Å². The van der Waals surface area contributed by atoms with Crippen LogP contribution in [-0.4, -0.2) is 38.6 Å². The minimum absolute atomic E-state index is 0.526. The van der Waals surface area contributed by atoms with E-state index in [-0.39, 0.29) is 0 Å². The van der Waals surface area contributed by atoms with Crippen LogP contribution >= 0.6 is 0 Å². The third-order valence-corrected chi connectivity index (χ3v) is 5.12. The molecule has 1 aliphatic carbocycles. The van der Waals surface area contributed by atoms with Gasteiger partial charge in [-0.1, -0.05) is 19.8 Å². The van der Waals surface area contributed by atoms with E-state index in [0.717, 1.165) is 51.1 Å². The number of hydrogen-bond acceptors (Lipinski definition) is 3. The number of rotatable bonds is 7. The second-order valence-corrected chi connectivity index (χ2v) is 7.08. The number of likely N-dealkylation sites (tertiary alicyclic amines) is 1. The van der Waals surface area contributed by atoms with Crippen LogP contribution in [0.5, 0.6) is 0 Å². The Kier molecular flexibility index (Phi) is 4.52. The summed E-state index contributed by atoms with van der Waals surface area (Å²) >= 11 is 0. The summed E-state index contributed by atoms with van der Waals surface area (Å²) in [6.07, 6.45) is 10.1. The lowest BCUT2D eigenvalue weighted by Gasteiger charge is -2.40. The van der Waals surface area contributed by atoms with Gasteiger partial charge in [0.05, 0.1) is 12.0 Å². The maximum atomic E-state index is 11.9. The van der Waals surface area contributed by atoms with Gasteiger partial charge in [-0.15, -0.1) is 0 Å². The summed E-state index contributed by atoms with van der Waals surface area (Å²) in [5.41, 5.74) is -0.526. The predicted octanol–water partition coefficient (Wildman–Crippen LogP) is 2.76. The predicted molar refractivity (Wildman–Crippen MR) is 84.4 cm³/mol. The molecule has 1 N–H and O–H groups in total. The second-order valence-electron chi connectivity index (χ2n) is 7.08. The first-order valence-electron chi connectivity index (χ1n) is 8.59. The van der Waals surface area contributed by atoms with E-state index in [2.05, 4.69) is 21.4 Å². The number of carbonyl (C=O) groups is 1. The van der Waals surface area contributed by atoms with E-state index in [1.165, 1.54) is 12.8 Å². The summed E-state index contributed by atoms with van der Waals surface area (Å²) in [5, 5.41) is 9.80. The summed E-state index contributed by atoms with van der Waals surface area (Å²) in [6.45, 7) is 5.58. The lowest BCUT2D eigenvalue weighted by atomic mass is 9.75.